The van der Waals surface area contributed by atoms with Gasteiger partial charge in [0.2, 0.25) is 11.8 Å². The van der Waals surface area contributed by atoms with E-state index in [-0.39, 0.29) is 28.6 Å². The lowest BCUT2D eigenvalue weighted by Gasteiger charge is -2.20. The second kappa shape index (κ2) is 8.74. The second-order valence-electron chi connectivity index (χ2n) is 6.10. The number of carbonyl (C=O) groups is 2. The third-order valence-corrected chi connectivity index (χ3v) is 4.25. The summed E-state index contributed by atoms with van der Waals surface area (Å²) in [4.78, 5) is 25.6. The van der Waals surface area contributed by atoms with E-state index < -0.39 is 23.4 Å². The molecule has 148 valence electrons. The van der Waals surface area contributed by atoms with Crippen molar-refractivity contribution in [1.82, 2.24) is 10.2 Å². The third-order valence-electron chi connectivity index (χ3n) is 3.90. The minimum Gasteiger partial charge on any atom is -0.324 e. The first-order chi connectivity index (χ1) is 13.8. The summed E-state index contributed by atoms with van der Waals surface area (Å²) in [7, 11) is 0. The summed E-state index contributed by atoms with van der Waals surface area (Å²) in [5.41, 5.74) is 1.01. The van der Waals surface area contributed by atoms with Crippen LogP contribution in [0.1, 0.15) is 12.5 Å². The fraction of sp³-hybridized carbons (Fsp3) is 0.100. The minimum atomic E-state index is -0.512. The number of halogens is 3. The number of amides is 2. The van der Waals surface area contributed by atoms with Crippen molar-refractivity contribution >= 4 is 40.6 Å². The van der Waals surface area contributed by atoms with Crippen molar-refractivity contribution in [2.24, 2.45) is 0 Å². The first-order valence-electron chi connectivity index (χ1n) is 8.46. The van der Waals surface area contributed by atoms with E-state index in [1.165, 1.54) is 54.4 Å². The van der Waals surface area contributed by atoms with Crippen LogP contribution in [0.4, 0.5) is 26.0 Å². The number of hydrogen-bond acceptors (Lipinski definition) is 4. The van der Waals surface area contributed by atoms with Gasteiger partial charge in [-0.1, -0.05) is 23.7 Å². The van der Waals surface area contributed by atoms with E-state index >= 15 is 0 Å². The van der Waals surface area contributed by atoms with Gasteiger partial charge in [-0.05, 0) is 35.9 Å². The number of nitrogens with zero attached hydrogens (tertiary/aromatic N) is 3. The molecule has 3 aromatic rings. The zero-order valence-electron chi connectivity index (χ0n) is 15.2. The van der Waals surface area contributed by atoms with Crippen LogP contribution in [0, 0.1) is 11.6 Å². The number of anilines is 3. The molecule has 0 saturated carbocycles. The number of rotatable bonds is 5. The van der Waals surface area contributed by atoms with Crippen LogP contribution in [0.25, 0.3) is 0 Å². The van der Waals surface area contributed by atoms with Crippen LogP contribution in [0.2, 0.25) is 5.02 Å². The van der Waals surface area contributed by atoms with Gasteiger partial charge in [0, 0.05) is 18.0 Å². The molecule has 0 aliphatic rings. The number of hydrogen-bond donors (Lipinski definition) is 1. The Morgan fingerprint density at radius 3 is 2.55 bits per heavy atom. The molecule has 0 atom stereocenters. The molecule has 29 heavy (non-hydrogen) atoms. The smallest absolute Gasteiger partial charge is 0.229 e. The maximum atomic E-state index is 13.6. The lowest BCUT2D eigenvalue weighted by molar-refractivity contribution is -0.116. The molecule has 1 heterocycles. The first kappa shape index (κ1) is 20.3. The Morgan fingerprint density at radius 2 is 1.86 bits per heavy atom. The van der Waals surface area contributed by atoms with Crippen molar-refractivity contribution in [3.63, 3.8) is 0 Å². The quantitative estimate of drug-likeness (QED) is 0.673. The molecule has 1 aromatic heterocycles. The van der Waals surface area contributed by atoms with Gasteiger partial charge in [0.1, 0.15) is 11.6 Å². The Morgan fingerprint density at radius 1 is 1.10 bits per heavy atom. The average Bonchev–Trinajstić information content (AvgIpc) is 2.64. The van der Waals surface area contributed by atoms with Gasteiger partial charge in [-0.25, -0.2) is 8.78 Å². The van der Waals surface area contributed by atoms with Crippen LogP contribution < -0.4 is 10.2 Å². The lowest BCUT2D eigenvalue weighted by Crippen LogP contribution is -2.24. The molecule has 3 rings (SSSR count). The van der Waals surface area contributed by atoms with E-state index in [1.54, 1.807) is 6.07 Å². The van der Waals surface area contributed by atoms with Gasteiger partial charge >= 0.3 is 0 Å². The number of carbonyl (C=O) groups excluding carboxylic acids is 2. The molecule has 0 radical (unpaired) electrons. The van der Waals surface area contributed by atoms with Crippen LogP contribution in [-0.2, 0) is 16.0 Å². The summed E-state index contributed by atoms with van der Waals surface area (Å²) in [6.45, 7) is 1.30. The van der Waals surface area contributed by atoms with Crippen molar-refractivity contribution in [2.75, 3.05) is 10.2 Å². The summed E-state index contributed by atoms with van der Waals surface area (Å²) in [6.07, 6.45) is 1.22. The molecular weight excluding hydrogens is 402 g/mol. The lowest BCUT2D eigenvalue weighted by atomic mass is 10.1. The van der Waals surface area contributed by atoms with Crippen LogP contribution in [0.5, 0.6) is 0 Å². The van der Waals surface area contributed by atoms with Crippen LogP contribution >= 0.6 is 11.6 Å². The normalized spacial score (nSPS) is 10.5. The van der Waals surface area contributed by atoms with E-state index in [1.807, 2.05) is 0 Å². The highest BCUT2D eigenvalue weighted by Crippen LogP contribution is 2.26. The van der Waals surface area contributed by atoms with E-state index in [0.29, 0.717) is 5.56 Å². The fourth-order valence-corrected chi connectivity index (χ4v) is 2.90. The molecular formula is C20H15ClF2N4O2. The molecule has 6 nitrogen and oxygen atoms in total. The molecule has 1 N–H and O–H groups in total. The molecule has 0 saturated heterocycles. The second-order valence-corrected chi connectivity index (χ2v) is 6.50. The van der Waals surface area contributed by atoms with Gasteiger partial charge < -0.3 is 5.32 Å². The van der Waals surface area contributed by atoms with Crippen LogP contribution in [-0.4, -0.2) is 22.0 Å². The molecule has 0 aliphatic heterocycles. The Hall–Kier alpha value is -3.39. The Bertz CT molecular complexity index is 1080. The van der Waals surface area contributed by atoms with E-state index in [2.05, 4.69) is 15.5 Å². The predicted octanol–water partition coefficient (Wildman–Crippen LogP) is 4.27. The topological polar surface area (TPSA) is 75.2 Å². The number of nitrogens with one attached hydrogen (secondary N) is 1. The van der Waals surface area contributed by atoms with Crippen molar-refractivity contribution in [3.05, 3.63) is 76.9 Å². The monoisotopic (exact) mass is 416 g/mol. The van der Waals surface area contributed by atoms with Crippen LogP contribution in [0.3, 0.4) is 0 Å². The van der Waals surface area contributed by atoms with Gasteiger partial charge in [0.25, 0.3) is 0 Å². The maximum Gasteiger partial charge on any atom is 0.229 e. The highest BCUT2D eigenvalue weighted by atomic mass is 35.5. The number of aromatic nitrogens is 2. The summed E-state index contributed by atoms with van der Waals surface area (Å²) in [6, 6.07) is 10.7. The highest BCUT2D eigenvalue weighted by Gasteiger charge is 2.18. The van der Waals surface area contributed by atoms with Gasteiger partial charge in [-0.2, -0.15) is 5.10 Å². The zero-order chi connectivity index (χ0) is 21.0. The molecule has 2 amide bonds. The maximum absolute atomic E-state index is 13.6. The minimum absolute atomic E-state index is 0.0862. The Labute approximate surface area is 170 Å². The largest absolute Gasteiger partial charge is 0.324 e. The van der Waals surface area contributed by atoms with Crippen molar-refractivity contribution in [1.29, 1.82) is 0 Å². The SMILES string of the molecule is CC(=O)N(c1cccc(F)c1)c1cc(NC(=O)Cc2ccc(F)cc2Cl)cnn1. The van der Waals surface area contributed by atoms with E-state index in [0.717, 1.165) is 6.07 Å². The standard InChI is InChI=1S/C20H15ClF2N4O2/c1-12(28)27(17-4-2-3-14(22)8-17)19-10-16(11-24-26-19)25-20(29)7-13-5-6-15(23)9-18(13)21/h2-6,8-11H,7H2,1H3,(H,25,26,29). The molecule has 0 bridgehead atoms. The van der Waals surface area contributed by atoms with E-state index in [4.69, 9.17) is 11.6 Å². The number of benzene rings is 2. The van der Waals surface area contributed by atoms with E-state index in [9.17, 15) is 18.4 Å². The van der Waals surface area contributed by atoms with Crippen molar-refractivity contribution in [3.8, 4) is 0 Å². The molecule has 0 fully saturated rings. The van der Waals surface area contributed by atoms with Gasteiger partial charge in [0.05, 0.1) is 24.0 Å². The van der Waals surface area contributed by atoms with Crippen molar-refractivity contribution < 1.29 is 18.4 Å². The molecule has 0 unspecified atom stereocenters. The molecule has 2 aromatic carbocycles. The highest BCUT2D eigenvalue weighted by molar-refractivity contribution is 6.31. The van der Waals surface area contributed by atoms with Gasteiger partial charge in [-0.15, -0.1) is 5.10 Å². The summed E-state index contributed by atoms with van der Waals surface area (Å²) in [5, 5.41) is 10.5. The third kappa shape index (κ3) is 5.11. The predicted molar refractivity (Wildman–Crippen MR) is 105 cm³/mol. The van der Waals surface area contributed by atoms with Gasteiger partial charge in [0.15, 0.2) is 5.82 Å². The molecule has 0 aliphatic carbocycles. The summed E-state index contributed by atoms with van der Waals surface area (Å²) in [5.74, 6) is -1.73. The zero-order valence-corrected chi connectivity index (χ0v) is 16.0. The molecule has 9 heteroatoms. The Balaban J connectivity index is 1.81. The summed E-state index contributed by atoms with van der Waals surface area (Å²) < 4.78 is 26.7. The fourth-order valence-electron chi connectivity index (χ4n) is 2.67. The van der Waals surface area contributed by atoms with Crippen LogP contribution in [0.15, 0.2) is 54.7 Å². The molecule has 0 spiro atoms. The average molecular weight is 417 g/mol. The summed E-state index contributed by atoms with van der Waals surface area (Å²) >= 11 is 5.94. The van der Waals surface area contributed by atoms with Crippen molar-refractivity contribution in [2.45, 2.75) is 13.3 Å². The van der Waals surface area contributed by atoms with Gasteiger partial charge in [-0.3, -0.25) is 14.5 Å². The first-order valence-corrected chi connectivity index (χ1v) is 8.84. The Kier molecular flexibility index (Phi) is 6.13.